The number of nitrogens with zero attached hydrogens (tertiary/aromatic N) is 1. The van der Waals surface area contributed by atoms with E-state index in [4.69, 9.17) is 4.42 Å². The number of ketones is 1. The summed E-state index contributed by atoms with van der Waals surface area (Å²) in [5.41, 5.74) is 0. The summed E-state index contributed by atoms with van der Waals surface area (Å²) in [7, 11) is 0. The van der Waals surface area contributed by atoms with Crippen LogP contribution in [0.3, 0.4) is 0 Å². The molecule has 1 fully saturated rings. The summed E-state index contributed by atoms with van der Waals surface area (Å²) < 4.78 is 5.03. The molecule has 0 saturated carbocycles. The quantitative estimate of drug-likeness (QED) is 0.698. The molecule has 0 bridgehead atoms. The van der Waals surface area contributed by atoms with Crippen LogP contribution in [0, 0.1) is 5.92 Å². The third-order valence-electron chi connectivity index (χ3n) is 2.69. The van der Waals surface area contributed by atoms with Crippen LogP contribution in [0.2, 0.25) is 0 Å². The van der Waals surface area contributed by atoms with E-state index in [9.17, 15) is 9.59 Å². The predicted molar refractivity (Wildman–Crippen MR) is 53.4 cm³/mol. The SMILES string of the molecule is CC1CN(C(=O)c2ccco2)CCC1=O. The first-order valence-corrected chi connectivity index (χ1v) is 5.04. The normalized spacial score (nSPS) is 21.8. The largest absolute Gasteiger partial charge is 0.459 e. The molecule has 1 aliphatic heterocycles. The number of likely N-dealkylation sites (tertiary alicyclic amines) is 1. The van der Waals surface area contributed by atoms with Crippen molar-refractivity contribution in [2.24, 2.45) is 5.92 Å². The van der Waals surface area contributed by atoms with Crippen LogP contribution in [0.15, 0.2) is 22.8 Å². The molecular formula is C11H13NO3. The van der Waals surface area contributed by atoms with Gasteiger partial charge in [0.05, 0.1) is 6.26 Å². The van der Waals surface area contributed by atoms with Crippen LogP contribution in [0.4, 0.5) is 0 Å². The summed E-state index contributed by atoms with van der Waals surface area (Å²) >= 11 is 0. The van der Waals surface area contributed by atoms with Crippen LogP contribution in [0.5, 0.6) is 0 Å². The maximum atomic E-state index is 11.8. The van der Waals surface area contributed by atoms with Gasteiger partial charge in [-0.25, -0.2) is 0 Å². The minimum Gasteiger partial charge on any atom is -0.459 e. The minimum absolute atomic E-state index is 0.0577. The van der Waals surface area contributed by atoms with Gasteiger partial charge in [-0.2, -0.15) is 0 Å². The number of carbonyl (C=O) groups excluding carboxylic acids is 2. The number of amides is 1. The Hall–Kier alpha value is -1.58. The zero-order valence-corrected chi connectivity index (χ0v) is 8.60. The van der Waals surface area contributed by atoms with Gasteiger partial charge in [-0.1, -0.05) is 6.92 Å². The fraction of sp³-hybridized carbons (Fsp3) is 0.455. The molecule has 0 aliphatic carbocycles. The van der Waals surface area contributed by atoms with Crippen molar-refractivity contribution < 1.29 is 14.0 Å². The van der Waals surface area contributed by atoms with E-state index in [-0.39, 0.29) is 17.6 Å². The van der Waals surface area contributed by atoms with Gasteiger partial charge in [0.15, 0.2) is 5.76 Å². The van der Waals surface area contributed by atoms with Crippen LogP contribution in [-0.4, -0.2) is 29.7 Å². The van der Waals surface area contributed by atoms with Crippen LogP contribution in [0.1, 0.15) is 23.9 Å². The van der Waals surface area contributed by atoms with Gasteiger partial charge in [-0.3, -0.25) is 9.59 Å². The van der Waals surface area contributed by atoms with Crippen LogP contribution in [0.25, 0.3) is 0 Å². The monoisotopic (exact) mass is 207 g/mol. The lowest BCUT2D eigenvalue weighted by molar-refractivity contribution is -0.124. The average molecular weight is 207 g/mol. The summed E-state index contributed by atoms with van der Waals surface area (Å²) in [6.45, 7) is 2.85. The zero-order valence-electron chi connectivity index (χ0n) is 8.60. The lowest BCUT2D eigenvalue weighted by Crippen LogP contribution is -2.43. The highest BCUT2D eigenvalue weighted by molar-refractivity contribution is 5.93. The number of furan rings is 1. The third kappa shape index (κ3) is 1.93. The van der Waals surface area contributed by atoms with Crippen molar-refractivity contribution in [3.8, 4) is 0 Å². The Bertz CT molecular complexity index is 369. The topological polar surface area (TPSA) is 50.5 Å². The van der Waals surface area contributed by atoms with Crippen molar-refractivity contribution >= 4 is 11.7 Å². The molecule has 4 nitrogen and oxygen atoms in total. The lowest BCUT2D eigenvalue weighted by Gasteiger charge is -2.29. The predicted octanol–water partition coefficient (Wildman–Crippen LogP) is 1.33. The number of hydrogen-bond donors (Lipinski definition) is 0. The van der Waals surface area contributed by atoms with E-state index in [0.717, 1.165) is 0 Å². The van der Waals surface area contributed by atoms with E-state index < -0.39 is 0 Å². The summed E-state index contributed by atoms with van der Waals surface area (Å²) in [4.78, 5) is 24.8. The van der Waals surface area contributed by atoms with Gasteiger partial charge >= 0.3 is 0 Å². The molecule has 1 amide bonds. The number of carbonyl (C=O) groups is 2. The van der Waals surface area contributed by atoms with Gasteiger partial charge in [0, 0.05) is 25.4 Å². The second kappa shape index (κ2) is 3.88. The summed E-state index contributed by atoms with van der Waals surface area (Å²) in [6.07, 6.45) is 1.93. The molecule has 0 N–H and O–H groups in total. The third-order valence-corrected chi connectivity index (χ3v) is 2.69. The maximum absolute atomic E-state index is 11.8. The highest BCUT2D eigenvalue weighted by atomic mass is 16.3. The fourth-order valence-corrected chi connectivity index (χ4v) is 1.76. The number of Topliss-reactive ketones (excluding diaryl/α,β-unsaturated/α-hetero) is 1. The molecule has 0 radical (unpaired) electrons. The highest BCUT2D eigenvalue weighted by Crippen LogP contribution is 2.15. The second-order valence-corrected chi connectivity index (χ2v) is 3.85. The van der Waals surface area contributed by atoms with Gasteiger partial charge in [0.2, 0.25) is 0 Å². The zero-order chi connectivity index (χ0) is 10.8. The van der Waals surface area contributed by atoms with E-state index in [1.54, 1.807) is 17.0 Å². The Morgan fingerprint density at radius 1 is 1.60 bits per heavy atom. The molecule has 80 valence electrons. The van der Waals surface area contributed by atoms with Gasteiger partial charge in [0.25, 0.3) is 5.91 Å². The van der Waals surface area contributed by atoms with E-state index in [1.807, 2.05) is 6.92 Å². The van der Waals surface area contributed by atoms with Crippen LogP contribution < -0.4 is 0 Å². The van der Waals surface area contributed by atoms with E-state index in [0.29, 0.717) is 25.3 Å². The smallest absolute Gasteiger partial charge is 0.289 e. The van der Waals surface area contributed by atoms with Gasteiger partial charge in [-0.05, 0) is 12.1 Å². The Morgan fingerprint density at radius 2 is 2.40 bits per heavy atom. The molecule has 15 heavy (non-hydrogen) atoms. The summed E-state index contributed by atoms with van der Waals surface area (Å²) in [5.74, 6) is 0.395. The van der Waals surface area contributed by atoms with Crippen molar-refractivity contribution in [2.45, 2.75) is 13.3 Å². The fourth-order valence-electron chi connectivity index (χ4n) is 1.76. The number of hydrogen-bond acceptors (Lipinski definition) is 3. The minimum atomic E-state index is -0.126. The molecular weight excluding hydrogens is 194 g/mol. The molecule has 1 aromatic heterocycles. The number of piperidine rings is 1. The van der Waals surface area contributed by atoms with Crippen LogP contribution >= 0.6 is 0 Å². The molecule has 4 heteroatoms. The molecule has 2 rings (SSSR count). The van der Waals surface area contributed by atoms with E-state index >= 15 is 0 Å². The molecule has 1 saturated heterocycles. The molecule has 0 spiro atoms. The van der Waals surface area contributed by atoms with Gasteiger partial charge in [0.1, 0.15) is 5.78 Å². The molecule has 0 aromatic carbocycles. The first kappa shape index (κ1) is 9.96. The molecule has 2 heterocycles. The first-order valence-electron chi connectivity index (χ1n) is 5.04. The molecule has 1 atom stereocenters. The average Bonchev–Trinajstić information content (AvgIpc) is 2.74. The Labute approximate surface area is 87.9 Å². The maximum Gasteiger partial charge on any atom is 0.289 e. The molecule has 1 unspecified atom stereocenters. The summed E-state index contributed by atoms with van der Waals surface area (Å²) in [5, 5.41) is 0. The lowest BCUT2D eigenvalue weighted by atomic mass is 9.98. The second-order valence-electron chi connectivity index (χ2n) is 3.85. The van der Waals surface area contributed by atoms with Gasteiger partial charge in [-0.15, -0.1) is 0 Å². The Kier molecular flexibility index (Phi) is 2.58. The van der Waals surface area contributed by atoms with E-state index in [1.165, 1.54) is 6.26 Å². The number of rotatable bonds is 1. The van der Waals surface area contributed by atoms with Crippen molar-refractivity contribution in [1.29, 1.82) is 0 Å². The van der Waals surface area contributed by atoms with Crippen molar-refractivity contribution in [2.75, 3.05) is 13.1 Å². The van der Waals surface area contributed by atoms with Gasteiger partial charge < -0.3 is 9.32 Å². The molecule has 1 aromatic rings. The first-order chi connectivity index (χ1) is 7.18. The van der Waals surface area contributed by atoms with E-state index in [2.05, 4.69) is 0 Å². The van der Waals surface area contributed by atoms with Crippen molar-refractivity contribution in [1.82, 2.24) is 4.90 Å². The van der Waals surface area contributed by atoms with Crippen LogP contribution in [-0.2, 0) is 4.79 Å². The van der Waals surface area contributed by atoms with Crippen molar-refractivity contribution in [3.05, 3.63) is 24.2 Å². The Morgan fingerprint density at radius 3 is 3.00 bits per heavy atom. The van der Waals surface area contributed by atoms with Crippen molar-refractivity contribution in [3.63, 3.8) is 0 Å². The summed E-state index contributed by atoms with van der Waals surface area (Å²) in [6, 6.07) is 3.33. The Balaban J connectivity index is 2.06. The molecule has 1 aliphatic rings. The highest BCUT2D eigenvalue weighted by Gasteiger charge is 2.28. The standard InChI is InChI=1S/C11H13NO3/c1-8-7-12(5-4-9(8)13)11(14)10-3-2-6-15-10/h2-3,6,8H,4-5,7H2,1H3.